The summed E-state index contributed by atoms with van der Waals surface area (Å²) in [6.07, 6.45) is 6.79. The molecule has 18 heavy (non-hydrogen) atoms. The summed E-state index contributed by atoms with van der Waals surface area (Å²) in [5.41, 5.74) is 7.04. The first kappa shape index (κ1) is 12.0. The van der Waals surface area contributed by atoms with Crippen molar-refractivity contribution in [3.05, 3.63) is 17.3 Å². The van der Waals surface area contributed by atoms with Gasteiger partial charge in [0.15, 0.2) is 10.8 Å². The van der Waals surface area contributed by atoms with Crippen molar-refractivity contribution in [3.63, 3.8) is 0 Å². The Labute approximate surface area is 111 Å². The fourth-order valence-electron chi connectivity index (χ4n) is 2.96. The molecule has 3 heterocycles. The third-order valence-corrected chi connectivity index (χ3v) is 4.60. The van der Waals surface area contributed by atoms with Crippen LogP contribution in [0.15, 0.2) is 11.6 Å². The highest BCUT2D eigenvalue weighted by atomic mass is 32.1. The molecule has 2 N–H and O–H groups in total. The second-order valence-electron chi connectivity index (χ2n) is 4.87. The number of nitrogens with zero attached hydrogens (tertiary/aromatic N) is 3. The van der Waals surface area contributed by atoms with E-state index in [9.17, 15) is 0 Å². The number of hydrogen-bond acceptors (Lipinski definition) is 4. The van der Waals surface area contributed by atoms with Crippen LogP contribution < -0.4 is 10.6 Å². The lowest BCUT2D eigenvalue weighted by Crippen LogP contribution is -2.30. The van der Waals surface area contributed by atoms with Gasteiger partial charge in [-0.25, -0.2) is 4.98 Å². The van der Waals surface area contributed by atoms with Gasteiger partial charge in [0, 0.05) is 30.6 Å². The summed E-state index contributed by atoms with van der Waals surface area (Å²) in [4.78, 5) is 8.41. The number of rotatable bonds is 4. The summed E-state index contributed by atoms with van der Waals surface area (Å²) in [5, 5.41) is 2.09. The van der Waals surface area contributed by atoms with Gasteiger partial charge in [-0.15, -0.1) is 11.3 Å². The maximum absolute atomic E-state index is 5.76. The van der Waals surface area contributed by atoms with Crippen molar-refractivity contribution in [2.75, 3.05) is 18.0 Å². The van der Waals surface area contributed by atoms with Gasteiger partial charge >= 0.3 is 0 Å². The van der Waals surface area contributed by atoms with Crippen LogP contribution in [0.4, 0.5) is 5.82 Å². The van der Waals surface area contributed by atoms with E-state index < -0.39 is 0 Å². The number of nitrogens with two attached hydrogens (primary N) is 1. The first-order valence-electron chi connectivity index (χ1n) is 6.76. The van der Waals surface area contributed by atoms with Gasteiger partial charge in [-0.3, -0.25) is 4.40 Å². The van der Waals surface area contributed by atoms with Crippen molar-refractivity contribution in [2.24, 2.45) is 5.73 Å². The lowest BCUT2D eigenvalue weighted by Gasteiger charge is -2.24. The first-order chi connectivity index (χ1) is 8.85. The van der Waals surface area contributed by atoms with Crippen molar-refractivity contribution >= 4 is 22.1 Å². The van der Waals surface area contributed by atoms with Crippen LogP contribution in [0.25, 0.3) is 4.96 Å². The molecule has 0 saturated carbocycles. The molecular formula is C13H20N4S. The van der Waals surface area contributed by atoms with Crippen LogP contribution in [-0.4, -0.2) is 28.5 Å². The minimum atomic E-state index is 0.658. The highest BCUT2D eigenvalue weighted by Crippen LogP contribution is 2.31. The standard InChI is InChI=1S/C13H20N4S/c1-2-10-4-3-7-16(10)12-11(5-6-14)17-8-9-18-13(17)15-12/h8-10H,2-7,14H2,1H3. The molecule has 5 heteroatoms. The Kier molecular flexibility index (Phi) is 3.26. The molecule has 0 radical (unpaired) electrons. The predicted octanol–water partition coefficient (Wildman–Crippen LogP) is 2.28. The van der Waals surface area contributed by atoms with E-state index in [2.05, 4.69) is 27.8 Å². The molecule has 1 unspecified atom stereocenters. The Morgan fingerprint density at radius 1 is 1.56 bits per heavy atom. The molecule has 0 aromatic carbocycles. The van der Waals surface area contributed by atoms with Crippen molar-refractivity contribution in [1.29, 1.82) is 0 Å². The molecule has 1 saturated heterocycles. The van der Waals surface area contributed by atoms with Crippen LogP contribution in [-0.2, 0) is 6.42 Å². The molecule has 0 aliphatic carbocycles. The van der Waals surface area contributed by atoms with Crippen LogP contribution in [0.5, 0.6) is 0 Å². The summed E-state index contributed by atoms with van der Waals surface area (Å²) < 4.78 is 2.21. The van der Waals surface area contributed by atoms with E-state index in [1.807, 2.05) is 0 Å². The summed E-state index contributed by atoms with van der Waals surface area (Å²) >= 11 is 1.70. The summed E-state index contributed by atoms with van der Waals surface area (Å²) in [6.45, 7) is 4.09. The molecule has 1 aliphatic rings. The Morgan fingerprint density at radius 3 is 3.22 bits per heavy atom. The molecule has 1 atom stereocenters. The predicted molar refractivity (Wildman–Crippen MR) is 76.5 cm³/mol. The monoisotopic (exact) mass is 264 g/mol. The second kappa shape index (κ2) is 4.90. The first-order valence-corrected chi connectivity index (χ1v) is 7.64. The fraction of sp³-hybridized carbons (Fsp3) is 0.615. The number of aromatic nitrogens is 2. The smallest absolute Gasteiger partial charge is 0.195 e. The number of thiazole rings is 1. The van der Waals surface area contributed by atoms with Gasteiger partial charge in [-0.05, 0) is 25.8 Å². The Bertz CT molecular complexity index is 530. The SMILES string of the molecule is CCC1CCCN1c1nc2sccn2c1CCN. The molecule has 3 rings (SSSR count). The zero-order valence-corrected chi connectivity index (χ0v) is 11.6. The number of anilines is 1. The minimum absolute atomic E-state index is 0.658. The lowest BCUT2D eigenvalue weighted by atomic mass is 10.1. The molecule has 98 valence electrons. The van der Waals surface area contributed by atoms with Crippen LogP contribution >= 0.6 is 11.3 Å². The summed E-state index contributed by atoms with van der Waals surface area (Å²) in [5.74, 6) is 1.18. The van der Waals surface area contributed by atoms with Crippen molar-refractivity contribution in [2.45, 2.75) is 38.6 Å². The topological polar surface area (TPSA) is 46.6 Å². The summed E-state index contributed by atoms with van der Waals surface area (Å²) in [7, 11) is 0. The molecule has 1 aliphatic heterocycles. The van der Waals surface area contributed by atoms with Gasteiger partial charge in [0.2, 0.25) is 0 Å². The van der Waals surface area contributed by atoms with E-state index in [1.54, 1.807) is 11.3 Å². The molecule has 1 fully saturated rings. The second-order valence-corrected chi connectivity index (χ2v) is 5.75. The third kappa shape index (κ3) is 1.82. The molecule has 0 amide bonds. The van der Waals surface area contributed by atoms with E-state index >= 15 is 0 Å². The fourth-order valence-corrected chi connectivity index (χ4v) is 3.69. The largest absolute Gasteiger partial charge is 0.352 e. The van der Waals surface area contributed by atoms with E-state index in [-0.39, 0.29) is 0 Å². The normalized spacial score (nSPS) is 20.1. The third-order valence-electron chi connectivity index (χ3n) is 3.84. The van der Waals surface area contributed by atoms with Gasteiger partial charge in [0.1, 0.15) is 0 Å². The van der Waals surface area contributed by atoms with Crippen LogP contribution in [0, 0.1) is 0 Å². The van der Waals surface area contributed by atoms with Crippen molar-refractivity contribution in [3.8, 4) is 0 Å². The Hall–Kier alpha value is -1.07. The van der Waals surface area contributed by atoms with Gasteiger partial charge in [0.25, 0.3) is 0 Å². The average Bonchev–Trinajstić information content (AvgIpc) is 3.04. The Balaban J connectivity index is 2.04. The molecule has 2 aromatic heterocycles. The van der Waals surface area contributed by atoms with Crippen molar-refractivity contribution < 1.29 is 0 Å². The number of fused-ring (bicyclic) bond motifs is 1. The van der Waals surface area contributed by atoms with Crippen molar-refractivity contribution in [1.82, 2.24) is 9.38 Å². The van der Waals surface area contributed by atoms with Gasteiger partial charge < -0.3 is 10.6 Å². The molecule has 4 nitrogen and oxygen atoms in total. The van der Waals surface area contributed by atoms with Crippen LogP contribution in [0.1, 0.15) is 31.9 Å². The lowest BCUT2D eigenvalue weighted by molar-refractivity contribution is 0.639. The number of imidazole rings is 1. The van der Waals surface area contributed by atoms with E-state index in [0.717, 1.165) is 17.9 Å². The van der Waals surface area contributed by atoms with Gasteiger partial charge in [-0.2, -0.15) is 0 Å². The zero-order chi connectivity index (χ0) is 12.5. The molecule has 0 bridgehead atoms. The van der Waals surface area contributed by atoms with E-state index in [1.165, 1.54) is 30.8 Å². The zero-order valence-electron chi connectivity index (χ0n) is 10.8. The number of hydrogen-bond donors (Lipinski definition) is 1. The average molecular weight is 264 g/mol. The molecular weight excluding hydrogens is 244 g/mol. The van der Waals surface area contributed by atoms with Crippen LogP contribution in [0.2, 0.25) is 0 Å². The highest BCUT2D eigenvalue weighted by molar-refractivity contribution is 7.15. The maximum Gasteiger partial charge on any atom is 0.195 e. The quantitative estimate of drug-likeness (QED) is 0.921. The minimum Gasteiger partial charge on any atom is -0.352 e. The summed E-state index contributed by atoms with van der Waals surface area (Å²) in [6, 6.07) is 0.658. The van der Waals surface area contributed by atoms with Gasteiger partial charge in [-0.1, -0.05) is 6.92 Å². The van der Waals surface area contributed by atoms with Gasteiger partial charge in [0.05, 0.1) is 5.69 Å². The molecule has 2 aromatic rings. The Morgan fingerprint density at radius 2 is 2.44 bits per heavy atom. The van der Waals surface area contributed by atoms with Crippen LogP contribution in [0.3, 0.4) is 0 Å². The van der Waals surface area contributed by atoms with E-state index in [4.69, 9.17) is 10.7 Å². The maximum atomic E-state index is 5.76. The highest BCUT2D eigenvalue weighted by Gasteiger charge is 2.27. The van der Waals surface area contributed by atoms with E-state index in [0.29, 0.717) is 12.6 Å². The molecule has 0 spiro atoms.